The summed E-state index contributed by atoms with van der Waals surface area (Å²) in [4.78, 5) is 2.39. The average molecular weight is 275 g/mol. The summed E-state index contributed by atoms with van der Waals surface area (Å²) in [5.41, 5.74) is 1.81. The fraction of sp³-hybridized carbons (Fsp3) is 0.529. The first kappa shape index (κ1) is 15.0. The van der Waals surface area contributed by atoms with Crippen LogP contribution in [0.4, 0.5) is 4.39 Å². The lowest BCUT2D eigenvalue weighted by Crippen LogP contribution is -2.25. The van der Waals surface area contributed by atoms with E-state index in [1.807, 2.05) is 6.07 Å². The molecule has 0 aliphatic heterocycles. The predicted octanol–water partition coefficient (Wildman–Crippen LogP) is 2.79. The zero-order valence-corrected chi connectivity index (χ0v) is 12.0. The number of benzene rings is 1. The normalized spacial score (nSPS) is 14.2. The van der Waals surface area contributed by atoms with Gasteiger partial charge in [-0.05, 0) is 43.0 Å². The SMILES string of the molecule is CCN(Cc1ccc(F)cc1C#CCCO)CC1CC1. The Morgan fingerprint density at radius 3 is 2.85 bits per heavy atom. The molecular formula is C17H22FNO. The molecule has 108 valence electrons. The molecular weight excluding hydrogens is 253 g/mol. The molecule has 2 nitrogen and oxygen atoms in total. The molecule has 0 spiro atoms. The van der Waals surface area contributed by atoms with Gasteiger partial charge < -0.3 is 5.11 Å². The molecule has 1 N–H and O–H groups in total. The number of halogens is 1. The third-order valence-electron chi connectivity index (χ3n) is 3.59. The number of hydrogen-bond acceptors (Lipinski definition) is 2. The molecule has 1 saturated carbocycles. The highest BCUT2D eigenvalue weighted by Gasteiger charge is 2.23. The van der Waals surface area contributed by atoms with Crippen LogP contribution in [0.15, 0.2) is 18.2 Å². The molecule has 0 saturated heterocycles. The quantitative estimate of drug-likeness (QED) is 0.807. The van der Waals surface area contributed by atoms with Gasteiger partial charge in [-0.1, -0.05) is 24.8 Å². The number of aliphatic hydroxyl groups is 1. The summed E-state index contributed by atoms with van der Waals surface area (Å²) in [5, 5.41) is 8.77. The van der Waals surface area contributed by atoms with Crippen LogP contribution in [0.5, 0.6) is 0 Å². The zero-order valence-electron chi connectivity index (χ0n) is 12.0. The highest BCUT2D eigenvalue weighted by Crippen LogP contribution is 2.30. The summed E-state index contributed by atoms with van der Waals surface area (Å²) in [6, 6.07) is 4.82. The summed E-state index contributed by atoms with van der Waals surface area (Å²) in [6.07, 6.45) is 3.10. The van der Waals surface area contributed by atoms with Gasteiger partial charge in [0.05, 0.1) is 6.61 Å². The molecule has 0 bridgehead atoms. The second-order valence-electron chi connectivity index (χ2n) is 5.35. The molecule has 0 heterocycles. The van der Waals surface area contributed by atoms with Gasteiger partial charge >= 0.3 is 0 Å². The standard InChI is InChI=1S/C17H22FNO/c1-2-19(12-14-6-7-14)13-16-8-9-17(18)11-15(16)5-3-4-10-20/h8-9,11,14,20H,2,4,6-7,10,12-13H2,1H3. The predicted molar refractivity (Wildman–Crippen MR) is 78.7 cm³/mol. The minimum absolute atomic E-state index is 0.0421. The number of rotatable bonds is 6. The first-order valence-corrected chi connectivity index (χ1v) is 7.33. The fourth-order valence-corrected chi connectivity index (χ4v) is 2.23. The summed E-state index contributed by atoms with van der Waals surface area (Å²) < 4.78 is 13.4. The Bertz CT molecular complexity index is 499. The molecule has 20 heavy (non-hydrogen) atoms. The Labute approximate surface area is 120 Å². The maximum atomic E-state index is 13.4. The van der Waals surface area contributed by atoms with Gasteiger partial charge in [0.15, 0.2) is 0 Å². The number of aliphatic hydroxyl groups excluding tert-OH is 1. The highest BCUT2D eigenvalue weighted by atomic mass is 19.1. The lowest BCUT2D eigenvalue weighted by molar-refractivity contribution is 0.268. The Morgan fingerprint density at radius 2 is 2.20 bits per heavy atom. The Morgan fingerprint density at radius 1 is 1.40 bits per heavy atom. The van der Waals surface area contributed by atoms with E-state index in [0.717, 1.165) is 36.7 Å². The van der Waals surface area contributed by atoms with E-state index in [1.165, 1.54) is 25.0 Å². The Kier molecular flexibility index (Phi) is 5.58. The third-order valence-corrected chi connectivity index (χ3v) is 3.59. The van der Waals surface area contributed by atoms with E-state index in [2.05, 4.69) is 23.7 Å². The Hall–Kier alpha value is -1.37. The highest BCUT2D eigenvalue weighted by molar-refractivity contribution is 5.41. The van der Waals surface area contributed by atoms with Crippen LogP contribution in [-0.4, -0.2) is 29.7 Å². The van der Waals surface area contributed by atoms with E-state index >= 15 is 0 Å². The molecule has 1 aromatic carbocycles. The van der Waals surface area contributed by atoms with Gasteiger partial charge in [-0.2, -0.15) is 0 Å². The van der Waals surface area contributed by atoms with E-state index in [-0.39, 0.29) is 12.4 Å². The molecule has 2 rings (SSSR count). The summed E-state index contributed by atoms with van der Waals surface area (Å²) in [5.74, 6) is 6.44. The molecule has 1 fully saturated rings. The van der Waals surface area contributed by atoms with Gasteiger partial charge in [-0.25, -0.2) is 4.39 Å². The third kappa shape index (κ3) is 4.63. The largest absolute Gasteiger partial charge is 0.395 e. The van der Waals surface area contributed by atoms with Gasteiger partial charge in [0.25, 0.3) is 0 Å². The minimum atomic E-state index is -0.257. The van der Waals surface area contributed by atoms with Crippen molar-refractivity contribution in [2.24, 2.45) is 5.92 Å². The van der Waals surface area contributed by atoms with Crippen LogP contribution in [0.2, 0.25) is 0 Å². The summed E-state index contributed by atoms with van der Waals surface area (Å²) in [7, 11) is 0. The molecule has 1 aliphatic rings. The molecule has 0 unspecified atom stereocenters. The van der Waals surface area contributed by atoms with Crippen LogP contribution in [-0.2, 0) is 6.54 Å². The van der Waals surface area contributed by atoms with Crippen molar-refractivity contribution < 1.29 is 9.50 Å². The second-order valence-corrected chi connectivity index (χ2v) is 5.35. The van der Waals surface area contributed by atoms with Crippen LogP contribution < -0.4 is 0 Å². The molecule has 0 aromatic heterocycles. The molecule has 1 aliphatic carbocycles. The van der Waals surface area contributed by atoms with Crippen molar-refractivity contribution in [3.05, 3.63) is 35.1 Å². The number of nitrogens with zero attached hydrogens (tertiary/aromatic N) is 1. The minimum Gasteiger partial charge on any atom is -0.395 e. The smallest absolute Gasteiger partial charge is 0.124 e. The molecule has 3 heteroatoms. The molecule has 0 radical (unpaired) electrons. The van der Waals surface area contributed by atoms with Gasteiger partial charge in [0.1, 0.15) is 5.82 Å². The van der Waals surface area contributed by atoms with Crippen LogP contribution in [0.1, 0.15) is 37.3 Å². The summed E-state index contributed by atoms with van der Waals surface area (Å²) in [6.45, 7) is 5.13. The van der Waals surface area contributed by atoms with Crippen molar-refractivity contribution in [2.75, 3.05) is 19.7 Å². The molecule has 0 atom stereocenters. The van der Waals surface area contributed by atoms with Crippen molar-refractivity contribution in [1.82, 2.24) is 4.90 Å². The van der Waals surface area contributed by atoms with Crippen molar-refractivity contribution in [3.8, 4) is 11.8 Å². The fourth-order valence-electron chi connectivity index (χ4n) is 2.23. The van der Waals surface area contributed by atoms with E-state index < -0.39 is 0 Å². The zero-order chi connectivity index (χ0) is 14.4. The van der Waals surface area contributed by atoms with Gasteiger partial charge in [-0.3, -0.25) is 4.90 Å². The second kappa shape index (κ2) is 7.42. The van der Waals surface area contributed by atoms with Crippen molar-refractivity contribution in [3.63, 3.8) is 0 Å². The van der Waals surface area contributed by atoms with Crippen molar-refractivity contribution in [1.29, 1.82) is 0 Å². The maximum Gasteiger partial charge on any atom is 0.124 e. The maximum absolute atomic E-state index is 13.4. The van der Waals surface area contributed by atoms with Crippen molar-refractivity contribution >= 4 is 0 Å². The van der Waals surface area contributed by atoms with Gasteiger partial charge in [0.2, 0.25) is 0 Å². The monoisotopic (exact) mass is 275 g/mol. The lowest BCUT2D eigenvalue weighted by atomic mass is 10.1. The van der Waals surface area contributed by atoms with Gasteiger partial charge in [-0.15, -0.1) is 0 Å². The van der Waals surface area contributed by atoms with E-state index in [9.17, 15) is 4.39 Å². The lowest BCUT2D eigenvalue weighted by Gasteiger charge is -2.21. The molecule has 0 amide bonds. The summed E-state index contributed by atoms with van der Waals surface area (Å²) >= 11 is 0. The van der Waals surface area contributed by atoms with Crippen LogP contribution in [0.25, 0.3) is 0 Å². The molecule has 1 aromatic rings. The Balaban J connectivity index is 2.10. The van der Waals surface area contributed by atoms with Crippen LogP contribution >= 0.6 is 0 Å². The average Bonchev–Trinajstić information content (AvgIpc) is 3.25. The first-order chi connectivity index (χ1) is 9.72. The van der Waals surface area contributed by atoms with Crippen molar-refractivity contribution in [2.45, 2.75) is 32.7 Å². The first-order valence-electron chi connectivity index (χ1n) is 7.33. The van der Waals surface area contributed by atoms with E-state index in [0.29, 0.717) is 6.42 Å². The topological polar surface area (TPSA) is 23.5 Å². The van der Waals surface area contributed by atoms with Gasteiger partial charge in [0, 0.05) is 25.1 Å². The van der Waals surface area contributed by atoms with Crippen LogP contribution in [0.3, 0.4) is 0 Å². The van der Waals surface area contributed by atoms with E-state index in [1.54, 1.807) is 0 Å². The van der Waals surface area contributed by atoms with E-state index in [4.69, 9.17) is 5.11 Å². The van der Waals surface area contributed by atoms with Crippen LogP contribution in [0, 0.1) is 23.6 Å². The number of hydrogen-bond donors (Lipinski definition) is 1.